The fraction of sp³-hybridized carbons (Fsp3) is 1.00. The summed E-state index contributed by atoms with van der Waals surface area (Å²) in [5, 5.41) is 18.9. The van der Waals surface area contributed by atoms with E-state index in [1.165, 1.54) is 0 Å². The predicted octanol–water partition coefficient (Wildman–Crippen LogP) is -0.546. The topological polar surface area (TPSA) is 92.5 Å². The van der Waals surface area contributed by atoms with Gasteiger partial charge in [-0.05, 0) is 19.4 Å². The monoisotopic (exact) mass is 302 g/mol. The maximum absolute atomic E-state index is 9.73. The second kappa shape index (κ2) is 6.13. The number of nitrogens with two attached hydrogens (primary N) is 2. The van der Waals surface area contributed by atoms with Crippen molar-refractivity contribution in [2.45, 2.75) is 36.0 Å². The lowest BCUT2D eigenvalue weighted by Crippen LogP contribution is -2.48. The van der Waals surface area contributed by atoms with Crippen LogP contribution < -0.4 is 11.5 Å². The largest absolute Gasteiger partial charge is 0.392 e. The molecule has 0 amide bonds. The first-order valence-electron chi connectivity index (χ1n) is 4.37. The van der Waals surface area contributed by atoms with Crippen molar-refractivity contribution < 1.29 is 10.2 Å². The van der Waals surface area contributed by atoms with Crippen molar-refractivity contribution in [1.82, 2.24) is 0 Å². The van der Waals surface area contributed by atoms with E-state index >= 15 is 0 Å². The van der Waals surface area contributed by atoms with Crippen LogP contribution in [0.25, 0.3) is 0 Å². The highest BCUT2D eigenvalue weighted by Gasteiger charge is 2.29. The van der Waals surface area contributed by atoms with Crippen LogP contribution in [0.2, 0.25) is 0 Å². The Bertz CT molecular complexity index is 146. The van der Waals surface area contributed by atoms with E-state index in [0.717, 1.165) is 0 Å². The molecule has 0 heterocycles. The van der Waals surface area contributed by atoms with Gasteiger partial charge in [0.15, 0.2) is 0 Å². The third-order valence-electron chi connectivity index (χ3n) is 2.21. The van der Waals surface area contributed by atoms with Crippen molar-refractivity contribution in [3.05, 3.63) is 0 Å². The number of aliphatic hydroxyl groups is 2. The van der Waals surface area contributed by atoms with Crippen LogP contribution in [0.1, 0.15) is 13.8 Å². The van der Waals surface area contributed by atoms with Crippen LogP contribution in [0.3, 0.4) is 0 Å². The third-order valence-corrected chi connectivity index (χ3v) is 3.77. The van der Waals surface area contributed by atoms with E-state index in [9.17, 15) is 10.2 Å². The Hall–Kier alpha value is 0.570. The van der Waals surface area contributed by atoms with Crippen LogP contribution >= 0.6 is 22.6 Å². The lowest BCUT2D eigenvalue weighted by molar-refractivity contribution is 0.0858. The molecule has 0 bridgehead atoms. The highest BCUT2D eigenvalue weighted by Crippen LogP contribution is 2.18. The molecule has 0 fully saturated rings. The van der Waals surface area contributed by atoms with Gasteiger partial charge in [-0.25, -0.2) is 0 Å². The summed E-state index contributed by atoms with van der Waals surface area (Å²) in [5.41, 5.74) is 11.1. The molecule has 13 heavy (non-hydrogen) atoms. The van der Waals surface area contributed by atoms with Crippen molar-refractivity contribution in [3.8, 4) is 0 Å². The van der Waals surface area contributed by atoms with Crippen LogP contribution in [0, 0.1) is 5.92 Å². The Balaban J connectivity index is 4.15. The number of hydrogen-bond donors (Lipinski definition) is 4. The molecule has 0 rings (SSSR count). The predicted molar refractivity (Wildman–Crippen MR) is 61.7 cm³/mol. The van der Waals surface area contributed by atoms with E-state index in [2.05, 4.69) is 22.6 Å². The number of halogens is 1. The van der Waals surface area contributed by atoms with Gasteiger partial charge in [0, 0.05) is 6.04 Å². The molecule has 3 unspecified atom stereocenters. The molecular weight excluding hydrogens is 283 g/mol. The van der Waals surface area contributed by atoms with Gasteiger partial charge in [0.05, 0.1) is 16.1 Å². The Kier molecular flexibility index (Phi) is 6.40. The molecule has 4 nitrogen and oxygen atoms in total. The van der Waals surface area contributed by atoms with Gasteiger partial charge >= 0.3 is 0 Å². The summed E-state index contributed by atoms with van der Waals surface area (Å²) < 4.78 is -0.170. The van der Waals surface area contributed by atoms with Crippen LogP contribution in [0.5, 0.6) is 0 Å². The Morgan fingerprint density at radius 1 is 1.31 bits per heavy atom. The number of alkyl halides is 1. The van der Waals surface area contributed by atoms with E-state index < -0.39 is 18.2 Å². The van der Waals surface area contributed by atoms with Crippen molar-refractivity contribution >= 4 is 22.6 Å². The highest BCUT2D eigenvalue weighted by molar-refractivity contribution is 14.1. The molecular formula is C8H19IN2O2. The van der Waals surface area contributed by atoms with E-state index in [4.69, 9.17) is 11.5 Å². The van der Waals surface area contributed by atoms with E-state index in [1.807, 2.05) is 6.92 Å². The maximum Gasteiger partial charge on any atom is 0.0711 e. The first-order valence-corrected chi connectivity index (χ1v) is 5.62. The molecule has 0 saturated heterocycles. The molecule has 6 N–H and O–H groups in total. The molecule has 80 valence electrons. The lowest BCUT2D eigenvalue weighted by atomic mass is 9.96. The zero-order chi connectivity index (χ0) is 10.6. The summed E-state index contributed by atoms with van der Waals surface area (Å²) in [5.74, 6) is 0.00620. The van der Waals surface area contributed by atoms with Crippen molar-refractivity contribution in [1.29, 1.82) is 0 Å². The first-order chi connectivity index (χ1) is 5.91. The molecule has 0 aliphatic rings. The number of hydrogen-bond acceptors (Lipinski definition) is 4. The summed E-state index contributed by atoms with van der Waals surface area (Å²) in [6.45, 7) is 3.91. The Labute approximate surface area is 92.8 Å². The van der Waals surface area contributed by atoms with Gasteiger partial charge in [-0.15, -0.1) is 0 Å². The van der Waals surface area contributed by atoms with Crippen LogP contribution in [0.4, 0.5) is 0 Å². The normalized spacial score (nSPS) is 23.3. The number of aliphatic hydroxyl groups excluding tert-OH is 2. The maximum atomic E-state index is 9.73. The minimum Gasteiger partial charge on any atom is -0.392 e. The van der Waals surface area contributed by atoms with Crippen LogP contribution in [-0.2, 0) is 0 Å². The molecule has 0 saturated carbocycles. The second-order valence-corrected chi connectivity index (χ2v) is 4.90. The Morgan fingerprint density at radius 3 is 2.08 bits per heavy atom. The molecule has 5 heteroatoms. The third kappa shape index (κ3) is 4.07. The van der Waals surface area contributed by atoms with Gasteiger partial charge in [-0.2, -0.15) is 0 Å². The smallest absolute Gasteiger partial charge is 0.0711 e. The quantitative estimate of drug-likeness (QED) is 0.405. The van der Waals surface area contributed by atoms with E-state index in [-0.39, 0.29) is 9.84 Å². The molecule has 0 aromatic heterocycles. The molecule has 5 atom stereocenters. The van der Waals surface area contributed by atoms with Crippen molar-refractivity contribution in [3.63, 3.8) is 0 Å². The first kappa shape index (κ1) is 13.6. The minimum atomic E-state index is -0.610. The van der Waals surface area contributed by atoms with E-state index in [0.29, 0.717) is 6.54 Å². The fourth-order valence-electron chi connectivity index (χ4n) is 0.947. The van der Waals surface area contributed by atoms with Gasteiger partial charge in [-0.1, -0.05) is 29.5 Å². The number of rotatable bonds is 5. The minimum absolute atomic E-state index is 0.00620. The van der Waals surface area contributed by atoms with Crippen molar-refractivity contribution in [2.75, 3.05) is 6.54 Å². The lowest BCUT2D eigenvalue weighted by Gasteiger charge is -2.28. The fourth-order valence-corrected chi connectivity index (χ4v) is 2.26. The zero-order valence-electron chi connectivity index (χ0n) is 8.02. The summed E-state index contributed by atoms with van der Waals surface area (Å²) in [7, 11) is 0. The van der Waals surface area contributed by atoms with Crippen LogP contribution in [0.15, 0.2) is 0 Å². The average molecular weight is 302 g/mol. The average Bonchev–Trinajstić information content (AvgIpc) is 2.12. The van der Waals surface area contributed by atoms with Gasteiger partial charge in [0.1, 0.15) is 0 Å². The van der Waals surface area contributed by atoms with Gasteiger partial charge in [0.2, 0.25) is 0 Å². The van der Waals surface area contributed by atoms with Gasteiger partial charge in [-0.3, -0.25) is 0 Å². The summed E-state index contributed by atoms with van der Waals surface area (Å²) in [4.78, 5) is 0. The Morgan fingerprint density at radius 2 is 1.77 bits per heavy atom. The second-order valence-electron chi connectivity index (χ2n) is 3.47. The molecule has 0 radical (unpaired) electrons. The summed E-state index contributed by atoms with van der Waals surface area (Å²) in [6, 6.07) is -0.412. The molecule has 0 spiro atoms. The summed E-state index contributed by atoms with van der Waals surface area (Å²) >= 11 is 2.06. The van der Waals surface area contributed by atoms with E-state index in [1.54, 1.807) is 6.92 Å². The standard InChI is InChI=1S/C8H19IN2O2/c1-4(3-10)8(13)6(9)7(11)5(2)12/h4-8,12-13H,3,10-11H2,1-2H3/t4?,5-,6?,7?,8+/m0/s1. The molecule has 0 aromatic rings. The van der Waals surface area contributed by atoms with Gasteiger partial charge < -0.3 is 21.7 Å². The summed E-state index contributed by atoms with van der Waals surface area (Å²) in [6.07, 6.45) is -1.17. The van der Waals surface area contributed by atoms with Crippen LogP contribution in [-0.4, -0.2) is 38.9 Å². The molecule has 0 aromatic carbocycles. The molecule has 0 aliphatic carbocycles. The molecule has 0 aliphatic heterocycles. The van der Waals surface area contributed by atoms with Crippen molar-refractivity contribution in [2.24, 2.45) is 17.4 Å². The van der Waals surface area contributed by atoms with Gasteiger partial charge in [0.25, 0.3) is 0 Å². The zero-order valence-corrected chi connectivity index (χ0v) is 10.2. The SMILES string of the molecule is CC(CN)[C@@H](O)C(I)C(N)[C@H](C)O. The highest BCUT2D eigenvalue weighted by atomic mass is 127.